The first kappa shape index (κ1) is 18.8. The summed E-state index contributed by atoms with van der Waals surface area (Å²) in [5.74, 6) is -1.12. The third kappa shape index (κ3) is 4.30. The van der Waals surface area contributed by atoms with E-state index >= 15 is 0 Å². The Morgan fingerprint density at radius 3 is 2.40 bits per heavy atom. The molecule has 2 aromatic carbocycles. The van der Waals surface area contributed by atoms with Crippen LogP contribution < -0.4 is 10.5 Å². The van der Waals surface area contributed by atoms with Crippen molar-refractivity contribution in [3.8, 4) is 5.75 Å². The number of amides is 1. The standard InChI is InChI=1S/C17H13ClF3NO3/c1-25-15-5-2-9(16(22)24)7-12(15)14(23)8-10-6-11(17(19,20)21)3-4-13(10)18/h2-7H,8H2,1H3,(H2,22,24). The molecule has 0 aliphatic heterocycles. The molecule has 2 rings (SSSR count). The number of alkyl halides is 3. The number of methoxy groups -OCH3 is 1. The first-order valence-corrected chi connectivity index (χ1v) is 7.38. The fourth-order valence-corrected chi connectivity index (χ4v) is 2.42. The zero-order valence-electron chi connectivity index (χ0n) is 13.0. The Morgan fingerprint density at radius 1 is 1.16 bits per heavy atom. The number of primary amides is 1. The van der Waals surface area contributed by atoms with Gasteiger partial charge in [0.05, 0.1) is 18.2 Å². The van der Waals surface area contributed by atoms with E-state index in [1.54, 1.807) is 0 Å². The Kier molecular flexibility index (Phi) is 5.37. The van der Waals surface area contributed by atoms with E-state index in [-0.39, 0.29) is 33.9 Å². The van der Waals surface area contributed by atoms with E-state index in [4.69, 9.17) is 22.1 Å². The fourth-order valence-electron chi connectivity index (χ4n) is 2.23. The summed E-state index contributed by atoms with van der Waals surface area (Å²) in [7, 11) is 1.33. The maximum Gasteiger partial charge on any atom is 0.416 e. The molecule has 0 atom stereocenters. The molecule has 1 amide bonds. The van der Waals surface area contributed by atoms with Crippen molar-refractivity contribution in [3.63, 3.8) is 0 Å². The molecule has 25 heavy (non-hydrogen) atoms. The van der Waals surface area contributed by atoms with Gasteiger partial charge < -0.3 is 10.5 Å². The molecule has 0 saturated carbocycles. The van der Waals surface area contributed by atoms with Gasteiger partial charge in [-0.05, 0) is 42.0 Å². The van der Waals surface area contributed by atoms with E-state index in [1.165, 1.54) is 25.3 Å². The van der Waals surface area contributed by atoms with Gasteiger partial charge in [0.25, 0.3) is 0 Å². The molecule has 0 bridgehead atoms. The van der Waals surface area contributed by atoms with Crippen LogP contribution in [0.3, 0.4) is 0 Å². The molecule has 2 N–H and O–H groups in total. The van der Waals surface area contributed by atoms with Crippen LogP contribution in [0.4, 0.5) is 13.2 Å². The molecule has 0 radical (unpaired) electrons. The number of carbonyl (C=O) groups is 2. The largest absolute Gasteiger partial charge is 0.496 e. The van der Waals surface area contributed by atoms with E-state index in [0.717, 1.165) is 18.2 Å². The Hall–Kier alpha value is -2.54. The van der Waals surface area contributed by atoms with E-state index < -0.39 is 23.4 Å². The molecule has 132 valence electrons. The van der Waals surface area contributed by atoms with Gasteiger partial charge >= 0.3 is 6.18 Å². The van der Waals surface area contributed by atoms with Crippen molar-refractivity contribution >= 4 is 23.3 Å². The van der Waals surface area contributed by atoms with E-state index in [9.17, 15) is 22.8 Å². The number of ketones is 1. The van der Waals surface area contributed by atoms with Gasteiger partial charge in [0, 0.05) is 17.0 Å². The number of Topliss-reactive ketones (excluding diaryl/α,β-unsaturated/α-hetero) is 1. The lowest BCUT2D eigenvalue weighted by molar-refractivity contribution is -0.137. The molecule has 8 heteroatoms. The molecule has 2 aromatic rings. The predicted molar refractivity (Wildman–Crippen MR) is 86.0 cm³/mol. The van der Waals surface area contributed by atoms with Crippen LogP contribution in [-0.4, -0.2) is 18.8 Å². The number of hydrogen-bond acceptors (Lipinski definition) is 3. The van der Waals surface area contributed by atoms with Crippen LogP contribution in [0, 0.1) is 0 Å². The number of carbonyl (C=O) groups excluding carboxylic acids is 2. The van der Waals surface area contributed by atoms with Crippen LogP contribution in [0.5, 0.6) is 5.75 Å². The lowest BCUT2D eigenvalue weighted by atomic mass is 9.98. The molecule has 0 unspecified atom stereocenters. The van der Waals surface area contributed by atoms with Gasteiger partial charge in [-0.15, -0.1) is 0 Å². The van der Waals surface area contributed by atoms with E-state index in [2.05, 4.69) is 0 Å². The molecule has 4 nitrogen and oxygen atoms in total. The summed E-state index contributed by atoms with van der Waals surface area (Å²) in [6.45, 7) is 0. The predicted octanol–water partition coefficient (Wildman–Crippen LogP) is 3.89. The fraction of sp³-hybridized carbons (Fsp3) is 0.176. The number of hydrogen-bond donors (Lipinski definition) is 1. The highest BCUT2D eigenvalue weighted by Gasteiger charge is 2.31. The van der Waals surface area contributed by atoms with Crippen LogP contribution in [0.25, 0.3) is 0 Å². The third-order valence-electron chi connectivity index (χ3n) is 3.51. The minimum absolute atomic E-state index is 0.0213. The monoisotopic (exact) mass is 371 g/mol. The molecule has 0 aliphatic rings. The summed E-state index contributed by atoms with van der Waals surface area (Å²) < 4.78 is 43.5. The van der Waals surface area contributed by atoms with Crippen molar-refractivity contribution in [1.82, 2.24) is 0 Å². The highest BCUT2D eigenvalue weighted by atomic mass is 35.5. The number of benzene rings is 2. The molecule has 0 heterocycles. The number of rotatable bonds is 5. The topological polar surface area (TPSA) is 69.4 Å². The average molecular weight is 372 g/mol. The molecule has 0 aliphatic carbocycles. The van der Waals surface area contributed by atoms with Gasteiger partial charge in [-0.1, -0.05) is 11.6 Å². The van der Waals surface area contributed by atoms with Crippen LogP contribution in [0.2, 0.25) is 5.02 Å². The summed E-state index contributed by atoms with van der Waals surface area (Å²) in [6, 6.07) is 6.76. The second-order valence-corrected chi connectivity index (χ2v) is 5.59. The van der Waals surface area contributed by atoms with Gasteiger partial charge in [-0.25, -0.2) is 0 Å². The molecular weight excluding hydrogens is 359 g/mol. The van der Waals surface area contributed by atoms with Crippen molar-refractivity contribution in [2.24, 2.45) is 5.73 Å². The average Bonchev–Trinajstić information content (AvgIpc) is 2.55. The lowest BCUT2D eigenvalue weighted by Gasteiger charge is -2.12. The Labute approximate surface area is 146 Å². The van der Waals surface area contributed by atoms with Crippen molar-refractivity contribution in [3.05, 3.63) is 63.7 Å². The summed E-state index contributed by atoms with van der Waals surface area (Å²) in [4.78, 5) is 23.8. The molecule has 0 saturated heterocycles. The Balaban J connectivity index is 2.40. The Bertz CT molecular complexity index is 834. The van der Waals surface area contributed by atoms with Crippen LogP contribution >= 0.6 is 11.6 Å². The second-order valence-electron chi connectivity index (χ2n) is 5.18. The van der Waals surface area contributed by atoms with Crippen molar-refractivity contribution in [2.75, 3.05) is 7.11 Å². The second kappa shape index (κ2) is 7.14. The quantitative estimate of drug-likeness (QED) is 0.810. The van der Waals surface area contributed by atoms with Crippen molar-refractivity contribution in [2.45, 2.75) is 12.6 Å². The molecular formula is C17H13ClF3NO3. The smallest absolute Gasteiger partial charge is 0.416 e. The molecule has 0 fully saturated rings. The summed E-state index contributed by atoms with van der Waals surface area (Å²) >= 11 is 5.91. The zero-order chi connectivity index (χ0) is 18.8. The van der Waals surface area contributed by atoms with Crippen molar-refractivity contribution < 1.29 is 27.5 Å². The van der Waals surface area contributed by atoms with Gasteiger partial charge in [-0.3, -0.25) is 9.59 Å². The third-order valence-corrected chi connectivity index (χ3v) is 3.88. The maximum absolute atomic E-state index is 12.8. The van der Waals surface area contributed by atoms with Gasteiger partial charge in [-0.2, -0.15) is 13.2 Å². The number of ether oxygens (including phenoxy) is 1. The molecule has 0 spiro atoms. The normalized spacial score (nSPS) is 11.2. The Morgan fingerprint density at radius 2 is 1.84 bits per heavy atom. The van der Waals surface area contributed by atoms with Gasteiger partial charge in [0.2, 0.25) is 5.91 Å². The minimum atomic E-state index is -4.55. The summed E-state index contributed by atoms with van der Waals surface area (Å²) in [6.07, 6.45) is -4.94. The van der Waals surface area contributed by atoms with Gasteiger partial charge in [0.1, 0.15) is 5.75 Å². The van der Waals surface area contributed by atoms with E-state index in [0.29, 0.717) is 0 Å². The SMILES string of the molecule is COc1ccc(C(N)=O)cc1C(=O)Cc1cc(C(F)(F)F)ccc1Cl. The number of halogens is 4. The van der Waals surface area contributed by atoms with Crippen molar-refractivity contribution in [1.29, 1.82) is 0 Å². The maximum atomic E-state index is 12.8. The zero-order valence-corrected chi connectivity index (χ0v) is 13.7. The highest BCUT2D eigenvalue weighted by Crippen LogP contribution is 2.32. The first-order chi connectivity index (χ1) is 11.6. The minimum Gasteiger partial charge on any atom is -0.496 e. The lowest BCUT2D eigenvalue weighted by Crippen LogP contribution is -2.14. The first-order valence-electron chi connectivity index (χ1n) is 7.00. The molecule has 0 aromatic heterocycles. The highest BCUT2D eigenvalue weighted by molar-refractivity contribution is 6.31. The van der Waals surface area contributed by atoms with E-state index in [1.807, 2.05) is 0 Å². The van der Waals surface area contributed by atoms with Crippen LogP contribution in [-0.2, 0) is 12.6 Å². The summed E-state index contributed by atoms with van der Waals surface area (Å²) in [5.41, 5.74) is 4.42. The van der Waals surface area contributed by atoms with Crippen LogP contribution in [0.1, 0.15) is 31.8 Å². The van der Waals surface area contributed by atoms with Gasteiger partial charge in [0.15, 0.2) is 5.78 Å². The van der Waals surface area contributed by atoms with Crippen LogP contribution in [0.15, 0.2) is 36.4 Å². The summed E-state index contributed by atoms with van der Waals surface area (Å²) in [5, 5.41) is 0.0337. The number of nitrogens with two attached hydrogens (primary N) is 1.